The number of amides is 1. The topological polar surface area (TPSA) is 141 Å². The van der Waals surface area contributed by atoms with E-state index in [0.29, 0.717) is 37.1 Å². The molecule has 0 unspecified atom stereocenters. The molecule has 49 heavy (non-hydrogen) atoms. The Morgan fingerprint density at radius 3 is 2.43 bits per heavy atom. The number of alkyl halides is 3. The van der Waals surface area contributed by atoms with Crippen LogP contribution in [0.15, 0.2) is 23.5 Å². The predicted octanol–water partition coefficient (Wildman–Crippen LogP) is 6.89. The van der Waals surface area contributed by atoms with Crippen LogP contribution < -0.4 is 15.4 Å². The lowest BCUT2D eigenvalue weighted by Crippen LogP contribution is -2.41. The molecule has 0 saturated carbocycles. The molecule has 16 heteroatoms. The van der Waals surface area contributed by atoms with Gasteiger partial charge in [0.15, 0.2) is 9.84 Å². The van der Waals surface area contributed by atoms with Crippen LogP contribution in [0, 0.1) is 12.8 Å². The Morgan fingerprint density at radius 1 is 1.14 bits per heavy atom. The van der Waals surface area contributed by atoms with Crippen molar-refractivity contribution in [3.8, 4) is 5.75 Å². The summed E-state index contributed by atoms with van der Waals surface area (Å²) in [6.45, 7) is 14.0. The second-order valence-corrected chi connectivity index (χ2v) is 16.2. The number of likely N-dealkylation sites (tertiary alicyclic amines) is 1. The molecule has 0 spiro atoms. The highest BCUT2D eigenvalue weighted by Crippen LogP contribution is 2.46. The maximum atomic E-state index is 14.1. The predicted molar refractivity (Wildman–Crippen MR) is 178 cm³/mol. The molecule has 4 heterocycles. The van der Waals surface area contributed by atoms with Crippen LogP contribution in [0.5, 0.6) is 5.75 Å². The SMILES string of the molecule is Cc1cc(Nc2ncc(C(F)(F)F)c(Nc3cn(C)nc3S(=O)(=O)CC(C)C)n2)c2c(c1C1CCN(C(=O)OC(C)(C)C)CC1)C[C@@H](C)O2. The first-order chi connectivity index (χ1) is 22.7. The second-order valence-electron chi connectivity index (χ2n) is 14.2. The van der Waals surface area contributed by atoms with Crippen molar-refractivity contribution in [1.82, 2.24) is 24.6 Å². The minimum atomic E-state index is -4.84. The number of fused-ring (bicyclic) bond motifs is 1. The third-order valence-corrected chi connectivity index (χ3v) is 10.2. The number of rotatable bonds is 8. The van der Waals surface area contributed by atoms with Gasteiger partial charge in [-0.25, -0.2) is 18.2 Å². The van der Waals surface area contributed by atoms with Crippen LogP contribution in [0.1, 0.15) is 82.6 Å². The molecule has 2 aromatic heterocycles. The number of carbonyl (C=O) groups excluding carboxylic acids is 1. The lowest BCUT2D eigenvalue weighted by molar-refractivity contribution is -0.137. The first-order valence-corrected chi connectivity index (χ1v) is 17.9. The van der Waals surface area contributed by atoms with E-state index in [4.69, 9.17) is 9.47 Å². The smallest absolute Gasteiger partial charge is 0.421 e. The largest absolute Gasteiger partial charge is 0.488 e. The van der Waals surface area contributed by atoms with Gasteiger partial charge in [-0.3, -0.25) is 4.68 Å². The molecule has 0 radical (unpaired) electrons. The fourth-order valence-electron chi connectivity index (χ4n) is 6.38. The van der Waals surface area contributed by atoms with Crippen LogP contribution >= 0.6 is 0 Å². The normalized spacial score (nSPS) is 17.2. The van der Waals surface area contributed by atoms with Crippen molar-refractivity contribution in [2.24, 2.45) is 13.0 Å². The highest BCUT2D eigenvalue weighted by Gasteiger charge is 2.37. The van der Waals surface area contributed by atoms with Gasteiger partial charge >= 0.3 is 12.3 Å². The van der Waals surface area contributed by atoms with Gasteiger partial charge in [0.25, 0.3) is 0 Å². The van der Waals surface area contributed by atoms with Crippen molar-refractivity contribution < 1.29 is 35.9 Å². The van der Waals surface area contributed by atoms with Crippen molar-refractivity contribution in [2.75, 3.05) is 29.5 Å². The van der Waals surface area contributed by atoms with Gasteiger partial charge in [0.05, 0.1) is 17.1 Å². The molecule has 2 aliphatic heterocycles. The lowest BCUT2D eigenvalue weighted by atomic mass is 9.82. The van der Waals surface area contributed by atoms with Gasteiger partial charge in [0.2, 0.25) is 11.0 Å². The number of ether oxygens (including phenoxy) is 2. The Morgan fingerprint density at radius 2 is 1.82 bits per heavy atom. The quantitative estimate of drug-likeness (QED) is 0.254. The summed E-state index contributed by atoms with van der Waals surface area (Å²) in [7, 11) is -2.44. The molecule has 12 nitrogen and oxygen atoms in total. The Balaban J connectivity index is 1.45. The van der Waals surface area contributed by atoms with E-state index in [-0.39, 0.29) is 46.4 Å². The zero-order valence-corrected chi connectivity index (χ0v) is 29.8. The van der Waals surface area contributed by atoms with Crippen LogP contribution in [0.25, 0.3) is 0 Å². The molecule has 5 rings (SSSR count). The summed E-state index contributed by atoms with van der Waals surface area (Å²) in [5.74, 6) is -0.483. The molecule has 1 saturated heterocycles. The first kappa shape index (κ1) is 36.2. The van der Waals surface area contributed by atoms with E-state index in [1.165, 1.54) is 17.9 Å². The standard InChI is InChI=1S/C33H44F3N7O5S/c1-18(2)17-49(45,46)29-25(16-42(8)41-29)38-28-23(33(34,35)36)15-37-30(40-28)39-24-13-19(3)26(22-14-20(4)47-27(22)24)21-9-11-43(12-10-21)31(44)48-32(5,6)7/h13,15-16,18,20-21H,9-12,14,17H2,1-8H3,(H2,37,38,39,40)/t20-/m1/s1. The Bertz CT molecular complexity index is 1830. The van der Waals surface area contributed by atoms with Gasteiger partial charge in [-0.05, 0) is 76.5 Å². The summed E-state index contributed by atoms with van der Waals surface area (Å²) in [5.41, 5.74) is 1.74. The van der Waals surface area contributed by atoms with Gasteiger partial charge in [-0.1, -0.05) is 13.8 Å². The van der Waals surface area contributed by atoms with E-state index < -0.39 is 33.0 Å². The van der Waals surface area contributed by atoms with E-state index in [2.05, 4.69) is 25.7 Å². The van der Waals surface area contributed by atoms with E-state index in [0.717, 1.165) is 29.5 Å². The minimum Gasteiger partial charge on any atom is -0.488 e. The number of hydrogen-bond acceptors (Lipinski definition) is 10. The van der Waals surface area contributed by atoms with Gasteiger partial charge in [-0.2, -0.15) is 23.3 Å². The Hall–Kier alpha value is -4.08. The molecule has 2 N–H and O–H groups in total. The second kappa shape index (κ2) is 13.3. The van der Waals surface area contributed by atoms with Crippen LogP contribution in [-0.4, -0.2) is 69.7 Å². The number of benzene rings is 1. The number of hydrogen-bond donors (Lipinski definition) is 2. The van der Waals surface area contributed by atoms with Crippen LogP contribution in [-0.2, 0) is 34.2 Å². The zero-order valence-electron chi connectivity index (χ0n) is 29.0. The third kappa shape index (κ3) is 8.22. The number of piperidine rings is 1. The van der Waals surface area contributed by atoms with E-state index in [1.54, 1.807) is 18.7 Å². The van der Waals surface area contributed by atoms with Crippen LogP contribution in [0.4, 0.5) is 41.1 Å². The van der Waals surface area contributed by atoms with Gasteiger partial charge in [-0.15, -0.1) is 0 Å². The highest BCUT2D eigenvalue weighted by molar-refractivity contribution is 7.91. The molecular weight excluding hydrogens is 663 g/mol. The molecular formula is C33H44F3N7O5S. The van der Waals surface area contributed by atoms with Gasteiger partial charge in [0, 0.05) is 44.5 Å². The molecule has 1 fully saturated rings. The molecule has 1 amide bonds. The Kier molecular flexibility index (Phi) is 9.85. The lowest BCUT2D eigenvalue weighted by Gasteiger charge is -2.34. The van der Waals surface area contributed by atoms with E-state index in [1.807, 2.05) is 40.7 Å². The van der Waals surface area contributed by atoms with Crippen molar-refractivity contribution in [1.29, 1.82) is 0 Å². The number of nitrogens with one attached hydrogen (secondary N) is 2. The first-order valence-electron chi connectivity index (χ1n) is 16.3. The molecule has 0 bridgehead atoms. The fraction of sp³-hybridized carbons (Fsp3) is 0.576. The fourth-order valence-corrected chi connectivity index (χ4v) is 8.11. The Labute approximate surface area is 284 Å². The van der Waals surface area contributed by atoms with Gasteiger partial charge < -0.3 is 25.0 Å². The number of aromatic nitrogens is 4. The van der Waals surface area contributed by atoms with Crippen LogP contribution in [0.3, 0.4) is 0 Å². The van der Waals surface area contributed by atoms with Crippen molar-refractivity contribution in [3.63, 3.8) is 0 Å². The monoisotopic (exact) mass is 707 g/mol. The molecule has 0 aliphatic carbocycles. The molecule has 3 aromatic rings. The summed E-state index contributed by atoms with van der Waals surface area (Å²) in [6.07, 6.45) is -1.22. The van der Waals surface area contributed by atoms with E-state index >= 15 is 0 Å². The van der Waals surface area contributed by atoms with Gasteiger partial charge in [0.1, 0.15) is 28.8 Å². The molecule has 268 valence electrons. The number of sulfone groups is 1. The summed E-state index contributed by atoms with van der Waals surface area (Å²) < 4.78 is 81.5. The average Bonchev–Trinajstić information content (AvgIpc) is 3.53. The maximum Gasteiger partial charge on any atom is 0.421 e. The van der Waals surface area contributed by atoms with Crippen molar-refractivity contribution in [3.05, 3.63) is 40.7 Å². The van der Waals surface area contributed by atoms with Crippen molar-refractivity contribution >= 4 is 39.1 Å². The zero-order chi connectivity index (χ0) is 36.1. The number of anilines is 4. The summed E-state index contributed by atoms with van der Waals surface area (Å²) in [6, 6.07) is 1.87. The summed E-state index contributed by atoms with van der Waals surface area (Å²) in [5, 5.41) is 9.30. The highest BCUT2D eigenvalue weighted by atomic mass is 32.2. The summed E-state index contributed by atoms with van der Waals surface area (Å²) >= 11 is 0. The molecule has 1 aromatic carbocycles. The van der Waals surface area contributed by atoms with E-state index in [9.17, 15) is 26.4 Å². The number of halogens is 3. The molecule has 1 atom stereocenters. The maximum absolute atomic E-state index is 14.1. The minimum absolute atomic E-state index is 0.130. The third-order valence-electron chi connectivity index (χ3n) is 8.23. The number of aryl methyl sites for hydroxylation is 2. The van der Waals surface area contributed by atoms with Crippen molar-refractivity contribution in [2.45, 2.75) is 96.6 Å². The molecule has 2 aliphatic rings. The van der Waals surface area contributed by atoms with Crippen LogP contribution in [0.2, 0.25) is 0 Å². The number of carbonyl (C=O) groups is 1. The average molecular weight is 708 g/mol. The summed E-state index contributed by atoms with van der Waals surface area (Å²) in [4.78, 5) is 22.5. The number of nitrogens with zero attached hydrogens (tertiary/aromatic N) is 5.